The third kappa shape index (κ3) is 4.41. The number of aryl methyl sites for hydroxylation is 1. The standard InChI is InChI=1S/C17H18N2O3/c1-12-15(8-5-9-18-12)19-16(20)10-14(11-17(21)22)13-6-3-2-4-7-13/h2-9,14H,10-11H2,1H3,(H,19,20)(H,21,22)/t14-/m1/s1. The normalized spacial score (nSPS) is 11.7. The van der Waals surface area contributed by atoms with Crippen LogP contribution in [0.4, 0.5) is 5.69 Å². The fourth-order valence-electron chi connectivity index (χ4n) is 2.29. The lowest BCUT2D eigenvalue weighted by Crippen LogP contribution is -2.18. The highest BCUT2D eigenvalue weighted by Crippen LogP contribution is 2.24. The van der Waals surface area contributed by atoms with E-state index in [-0.39, 0.29) is 24.7 Å². The molecule has 0 radical (unpaired) electrons. The number of hydrogen-bond donors (Lipinski definition) is 2. The molecule has 5 nitrogen and oxygen atoms in total. The number of nitrogens with zero attached hydrogens (tertiary/aromatic N) is 1. The van der Waals surface area contributed by atoms with E-state index in [9.17, 15) is 9.59 Å². The van der Waals surface area contributed by atoms with Crippen molar-refractivity contribution in [1.82, 2.24) is 4.98 Å². The minimum absolute atomic E-state index is 0.0799. The van der Waals surface area contributed by atoms with E-state index >= 15 is 0 Å². The van der Waals surface area contributed by atoms with Crippen LogP contribution in [0.5, 0.6) is 0 Å². The Bertz CT molecular complexity index is 656. The molecule has 2 aromatic rings. The van der Waals surface area contributed by atoms with Crippen molar-refractivity contribution < 1.29 is 14.7 Å². The molecule has 0 bridgehead atoms. The van der Waals surface area contributed by atoms with Crippen molar-refractivity contribution in [3.63, 3.8) is 0 Å². The molecule has 0 unspecified atom stereocenters. The number of carboxylic acid groups (broad SMARTS) is 1. The Morgan fingerprint density at radius 3 is 2.50 bits per heavy atom. The molecule has 2 N–H and O–H groups in total. The lowest BCUT2D eigenvalue weighted by molar-refractivity contribution is -0.137. The van der Waals surface area contributed by atoms with Crippen LogP contribution in [-0.2, 0) is 9.59 Å². The summed E-state index contributed by atoms with van der Waals surface area (Å²) in [6, 6.07) is 12.7. The van der Waals surface area contributed by atoms with Crippen molar-refractivity contribution in [2.24, 2.45) is 0 Å². The van der Waals surface area contributed by atoms with E-state index in [0.717, 1.165) is 11.3 Å². The first-order valence-electron chi connectivity index (χ1n) is 7.04. The molecule has 0 aliphatic carbocycles. The van der Waals surface area contributed by atoms with Gasteiger partial charge in [-0.2, -0.15) is 0 Å². The number of pyridine rings is 1. The number of carbonyl (C=O) groups excluding carboxylic acids is 1. The molecule has 1 aromatic heterocycles. The van der Waals surface area contributed by atoms with Gasteiger partial charge in [0.05, 0.1) is 17.8 Å². The molecule has 1 aromatic carbocycles. The summed E-state index contributed by atoms with van der Waals surface area (Å²) >= 11 is 0. The van der Waals surface area contributed by atoms with Gasteiger partial charge in [-0.3, -0.25) is 14.6 Å². The van der Waals surface area contributed by atoms with Crippen LogP contribution in [0, 0.1) is 6.92 Å². The van der Waals surface area contributed by atoms with E-state index < -0.39 is 5.97 Å². The van der Waals surface area contributed by atoms with Gasteiger partial charge in [-0.1, -0.05) is 30.3 Å². The van der Waals surface area contributed by atoms with Gasteiger partial charge in [0.1, 0.15) is 0 Å². The number of benzene rings is 1. The Labute approximate surface area is 129 Å². The fraction of sp³-hybridized carbons (Fsp3) is 0.235. The first kappa shape index (κ1) is 15.7. The quantitative estimate of drug-likeness (QED) is 0.859. The Hall–Kier alpha value is -2.69. The molecule has 5 heteroatoms. The minimum atomic E-state index is -0.917. The number of carboxylic acids is 1. The van der Waals surface area contributed by atoms with Crippen LogP contribution in [0.1, 0.15) is 30.0 Å². The first-order valence-corrected chi connectivity index (χ1v) is 7.04. The van der Waals surface area contributed by atoms with Crippen LogP contribution in [0.15, 0.2) is 48.7 Å². The van der Waals surface area contributed by atoms with E-state index in [1.807, 2.05) is 37.3 Å². The molecule has 1 atom stereocenters. The van der Waals surface area contributed by atoms with Crippen LogP contribution in [0.2, 0.25) is 0 Å². The summed E-state index contributed by atoms with van der Waals surface area (Å²) in [5.41, 5.74) is 2.22. The number of rotatable bonds is 6. The predicted molar refractivity (Wildman–Crippen MR) is 83.7 cm³/mol. The number of amides is 1. The van der Waals surface area contributed by atoms with E-state index in [1.54, 1.807) is 18.3 Å². The Balaban J connectivity index is 2.08. The maximum atomic E-state index is 12.2. The van der Waals surface area contributed by atoms with Crippen molar-refractivity contribution in [1.29, 1.82) is 0 Å². The molecular formula is C17H18N2O3. The topological polar surface area (TPSA) is 79.3 Å². The van der Waals surface area contributed by atoms with Gasteiger partial charge >= 0.3 is 5.97 Å². The zero-order valence-electron chi connectivity index (χ0n) is 12.3. The second-order valence-corrected chi connectivity index (χ2v) is 5.09. The average Bonchev–Trinajstić information content (AvgIpc) is 2.49. The van der Waals surface area contributed by atoms with E-state index in [2.05, 4.69) is 10.3 Å². The van der Waals surface area contributed by atoms with Crippen LogP contribution < -0.4 is 5.32 Å². The third-order valence-corrected chi connectivity index (χ3v) is 3.40. The number of nitrogens with one attached hydrogen (secondary N) is 1. The van der Waals surface area contributed by atoms with Crippen LogP contribution in [-0.4, -0.2) is 22.0 Å². The monoisotopic (exact) mass is 298 g/mol. The summed E-state index contributed by atoms with van der Waals surface area (Å²) < 4.78 is 0. The molecule has 114 valence electrons. The molecular weight excluding hydrogens is 280 g/mol. The molecule has 2 rings (SSSR count). The van der Waals surface area contributed by atoms with Crippen LogP contribution in [0.25, 0.3) is 0 Å². The van der Waals surface area contributed by atoms with Gasteiger partial charge in [-0.25, -0.2) is 0 Å². The molecule has 0 fully saturated rings. The highest BCUT2D eigenvalue weighted by Gasteiger charge is 2.19. The summed E-state index contributed by atoms with van der Waals surface area (Å²) in [6.45, 7) is 1.81. The maximum absolute atomic E-state index is 12.2. The van der Waals surface area contributed by atoms with Crippen LogP contribution in [0.3, 0.4) is 0 Å². The van der Waals surface area contributed by atoms with Crippen molar-refractivity contribution in [3.8, 4) is 0 Å². The van der Waals surface area contributed by atoms with Crippen LogP contribution >= 0.6 is 0 Å². The predicted octanol–water partition coefficient (Wildman–Crippen LogP) is 2.98. The smallest absolute Gasteiger partial charge is 0.303 e. The van der Waals surface area contributed by atoms with E-state index in [0.29, 0.717) is 5.69 Å². The first-order chi connectivity index (χ1) is 10.6. The Morgan fingerprint density at radius 2 is 1.86 bits per heavy atom. The lowest BCUT2D eigenvalue weighted by atomic mass is 9.92. The molecule has 0 spiro atoms. The summed E-state index contributed by atoms with van der Waals surface area (Å²) in [6.07, 6.45) is 1.69. The van der Waals surface area contributed by atoms with Crippen molar-refractivity contribution in [3.05, 3.63) is 59.9 Å². The van der Waals surface area contributed by atoms with Crippen molar-refractivity contribution in [2.45, 2.75) is 25.7 Å². The second kappa shape index (κ2) is 7.36. The fourth-order valence-corrected chi connectivity index (χ4v) is 2.29. The summed E-state index contributed by atoms with van der Waals surface area (Å²) in [4.78, 5) is 27.3. The van der Waals surface area contributed by atoms with Crippen molar-refractivity contribution >= 4 is 17.6 Å². The number of anilines is 1. The zero-order valence-corrected chi connectivity index (χ0v) is 12.3. The largest absolute Gasteiger partial charge is 0.481 e. The van der Waals surface area contributed by atoms with Gasteiger partial charge < -0.3 is 10.4 Å². The Morgan fingerprint density at radius 1 is 1.14 bits per heavy atom. The SMILES string of the molecule is Cc1ncccc1NC(=O)C[C@H](CC(=O)O)c1ccccc1. The molecule has 0 saturated heterocycles. The minimum Gasteiger partial charge on any atom is -0.481 e. The second-order valence-electron chi connectivity index (χ2n) is 5.09. The van der Waals surface area contributed by atoms with Gasteiger partial charge in [0.25, 0.3) is 0 Å². The number of aromatic nitrogens is 1. The summed E-state index contributed by atoms with van der Waals surface area (Å²) in [5, 5.41) is 11.8. The lowest BCUT2D eigenvalue weighted by Gasteiger charge is -2.15. The van der Waals surface area contributed by atoms with Gasteiger partial charge in [-0.15, -0.1) is 0 Å². The highest BCUT2D eigenvalue weighted by atomic mass is 16.4. The third-order valence-electron chi connectivity index (χ3n) is 3.40. The zero-order chi connectivity index (χ0) is 15.9. The number of carbonyl (C=O) groups is 2. The summed E-state index contributed by atoms with van der Waals surface area (Å²) in [7, 11) is 0. The molecule has 1 heterocycles. The molecule has 0 aliphatic heterocycles. The van der Waals surface area contributed by atoms with Crippen molar-refractivity contribution in [2.75, 3.05) is 5.32 Å². The molecule has 0 saturated carbocycles. The van der Waals surface area contributed by atoms with E-state index in [4.69, 9.17) is 5.11 Å². The van der Waals surface area contributed by atoms with Gasteiger partial charge in [0.2, 0.25) is 5.91 Å². The highest BCUT2D eigenvalue weighted by molar-refractivity contribution is 5.92. The van der Waals surface area contributed by atoms with Gasteiger partial charge in [-0.05, 0) is 24.6 Å². The maximum Gasteiger partial charge on any atom is 0.303 e. The summed E-state index contributed by atoms with van der Waals surface area (Å²) in [5.74, 6) is -1.49. The Kier molecular flexibility index (Phi) is 5.25. The van der Waals surface area contributed by atoms with Gasteiger partial charge in [0, 0.05) is 18.5 Å². The molecule has 1 amide bonds. The molecule has 0 aliphatic rings. The average molecular weight is 298 g/mol. The van der Waals surface area contributed by atoms with E-state index in [1.165, 1.54) is 0 Å². The molecule has 22 heavy (non-hydrogen) atoms. The number of aliphatic carboxylic acids is 1. The number of hydrogen-bond acceptors (Lipinski definition) is 3. The van der Waals surface area contributed by atoms with Gasteiger partial charge in [0.15, 0.2) is 0 Å².